The molecular weight excluding hydrogens is 252 g/mol. The molecule has 3 aromatic carbocycles. The van der Waals surface area contributed by atoms with Gasteiger partial charge >= 0.3 is 0 Å². The number of rotatable bonds is 3. The Hall–Kier alpha value is -2.60. The van der Waals surface area contributed by atoms with Crippen LogP contribution in [0.4, 0.5) is 0 Å². The third-order valence-electron chi connectivity index (χ3n) is 3.63. The molecule has 21 heavy (non-hydrogen) atoms. The van der Waals surface area contributed by atoms with Crippen molar-refractivity contribution in [3.8, 4) is 11.1 Å². The molecule has 3 rings (SSSR count). The minimum atomic E-state index is 1.23. The highest BCUT2D eigenvalue weighted by Crippen LogP contribution is 2.23. The molecular formula is C21H18. The first-order valence-electron chi connectivity index (χ1n) is 7.22. The van der Waals surface area contributed by atoms with Crippen LogP contribution in [0.5, 0.6) is 0 Å². The van der Waals surface area contributed by atoms with E-state index in [2.05, 4.69) is 85.8 Å². The minimum Gasteiger partial charge on any atom is -0.0622 e. The van der Waals surface area contributed by atoms with Crippen molar-refractivity contribution in [3.05, 3.63) is 95.6 Å². The molecule has 0 atom stereocenters. The number of aryl methyl sites for hydroxylation is 1. The Morgan fingerprint density at radius 3 is 1.95 bits per heavy atom. The smallest absolute Gasteiger partial charge is 0.0181 e. The van der Waals surface area contributed by atoms with Gasteiger partial charge in [-0.1, -0.05) is 91.0 Å². The maximum absolute atomic E-state index is 2.25. The van der Waals surface area contributed by atoms with Gasteiger partial charge in [0, 0.05) is 0 Å². The van der Waals surface area contributed by atoms with Crippen LogP contribution in [0.1, 0.15) is 16.7 Å². The van der Waals surface area contributed by atoms with Crippen LogP contribution in [0.2, 0.25) is 0 Å². The molecule has 0 aromatic heterocycles. The lowest BCUT2D eigenvalue weighted by molar-refractivity contribution is 1.44. The van der Waals surface area contributed by atoms with E-state index < -0.39 is 0 Å². The molecule has 102 valence electrons. The lowest BCUT2D eigenvalue weighted by Gasteiger charge is -2.06. The number of hydrogen-bond acceptors (Lipinski definition) is 0. The lowest BCUT2D eigenvalue weighted by Crippen LogP contribution is -1.83. The van der Waals surface area contributed by atoms with Crippen LogP contribution < -0.4 is 0 Å². The van der Waals surface area contributed by atoms with Crippen molar-refractivity contribution in [2.24, 2.45) is 0 Å². The fourth-order valence-corrected chi connectivity index (χ4v) is 2.42. The van der Waals surface area contributed by atoms with Gasteiger partial charge in [-0.2, -0.15) is 0 Å². The first-order chi connectivity index (χ1) is 10.3. The second-order valence-electron chi connectivity index (χ2n) is 5.18. The van der Waals surface area contributed by atoms with E-state index in [-0.39, 0.29) is 0 Å². The molecule has 0 nitrogen and oxygen atoms in total. The van der Waals surface area contributed by atoms with Gasteiger partial charge in [0.1, 0.15) is 0 Å². The number of hydrogen-bond donors (Lipinski definition) is 0. The Morgan fingerprint density at radius 2 is 1.29 bits per heavy atom. The quantitative estimate of drug-likeness (QED) is 0.525. The van der Waals surface area contributed by atoms with E-state index in [1.807, 2.05) is 12.1 Å². The van der Waals surface area contributed by atoms with Crippen LogP contribution in [0.3, 0.4) is 0 Å². The molecule has 0 radical (unpaired) electrons. The molecule has 0 aliphatic rings. The zero-order valence-corrected chi connectivity index (χ0v) is 12.2. The summed E-state index contributed by atoms with van der Waals surface area (Å²) in [5.74, 6) is 0. The Labute approximate surface area is 126 Å². The molecule has 0 saturated heterocycles. The van der Waals surface area contributed by atoms with Crippen molar-refractivity contribution < 1.29 is 0 Å². The van der Waals surface area contributed by atoms with Gasteiger partial charge in [-0.05, 0) is 34.7 Å². The summed E-state index contributed by atoms with van der Waals surface area (Å²) in [6.07, 6.45) is 4.34. The predicted octanol–water partition coefficient (Wildman–Crippen LogP) is 5.83. The molecule has 0 amide bonds. The Bertz CT molecular complexity index is 738. The van der Waals surface area contributed by atoms with E-state index in [9.17, 15) is 0 Å². The molecule has 0 bridgehead atoms. The molecule has 0 fully saturated rings. The van der Waals surface area contributed by atoms with Crippen LogP contribution in [0, 0.1) is 6.92 Å². The normalized spacial score (nSPS) is 10.9. The van der Waals surface area contributed by atoms with Crippen LogP contribution in [-0.2, 0) is 0 Å². The molecule has 0 aliphatic heterocycles. The first kappa shape index (κ1) is 13.4. The number of benzene rings is 3. The lowest BCUT2D eigenvalue weighted by atomic mass is 9.99. The summed E-state index contributed by atoms with van der Waals surface area (Å²) >= 11 is 0. The highest BCUT2D eigenvalue weighted by molar-refractivity contribution is 5.74. The van der Waals surface area contributed by atoms with Crippen molar-refractivity contribution in [2.75, 3.05) is 0 Å². The van der Waals surface area contributed by atoms with Crippen LogP contribution in [0.15, 0.2) is 78.9 Å². The zero-order chi connectivity index (χ0) is 14.5. The van der Waals surface area contributed by atoms with Gasteiger partial charge in [0.2, 0.25) is 0 Å². The van der Waals surface area contributed by atoms with Gasteiger partial charge in [-0.3, -0.25) is 0 Å². The molecule has 0 unspecified atom stereocenters. The first-order valence-corrected chi connectivity index (χ1v) is 7.22. The standard InChI is InChI=1S/C21H18/c1-17-16-21(20-10-6-3-7-11-20)15-14-19(17)13-12-18-8-4-2-5-9-18/h2-16H,1H3/b13-12+. The summed E-state index contributed by atoms with van der Waals surface area (Å²) in [7, 11) is 0. The molecule has 0 spiro atoms. The Kier molecular flexibility index (Phi) is 3.97. The highest BCUT2D eigenvalue weighted by Gasteiger charge is 2.00. The van der Waals surface area contributed by atoms with E-state index in [4.69, 9.17) is 0 Å². The van der Waals surface area contributed by atoms with Gasteiger partial charge < -0.3 is 0 Å². The van der Waals surface area contributed by atoms with Crippen molar-refractivity contribution in [3.63, 3.8) is 0 Å². The predicted molar refractivity (Wildman–Crippen MR) is 92.0 cm³/mol. The van der Waals surface area contributed by atoms with E-state index in [1.54, 1.807) is 0 Å². The maximum Gasteiger partial charge on any atom is -0.0181 e. The second-order valence-corrected chi connectivity index (χ2v) is 5.18. The highest BCUT2D eigenvalue weighted by atomic mass is 14.0. The Balaban J connectivity index is 1.87. The van der Waals surface area contributed by atoms with Crippen molar-refractivity contribution in [1.29, 1.82) is 0 Å². The summed E-state index contributed by atoms with van der Waals surface area (Å²) in [5, 5.41) is 0. The fourth-order valence-electron chi connectivity index (χ4n) is 2.42. The molecule has 0 heterocycles. The van der Waals surface area contributed by atoms with E-state index in [1.165, 1.54) is 27.8 Å². The van der Waals surface area contributed by atoms with E-state index in [0.717, 1.165) is 0 Å². The summed E-state index contributed by atoms with van der Waals surface area (Å²) in [6, 6.07) is 27.5. The van der Waals surface area contributed by atoms with Crippen molar-refractivity contribution >= 4 is 12.2 Å². The minimum absolute atomic E-state index is 1.23. The van der Waals surface area contributed by atoms with Crippen LogP contribution in [0.25, 0.3) is 23.3 Å². The van der Waals surface area contributed by atoms with Gasteiger partial charge in [0.05, 0.1) is 0 Å². The average molecular weight is 270 g/mol. The Morgan fingerprint density at radius 1 is 0.619 bits per heavy atom. The molecule has 3 aromatic rings. The van der Waals surface area contributed by atoms with E-state index in [0.29, 0.717) is 0 Å². The third-order valence-corrected chi connectivity index (χ3v) is 3.63. The average Bonchev–Trinajstić information content (AvgIpc) is 2.55. The molecule has 0 saturated carbocycles. The van der Waals surface area contributed by atoms with Gasteiger partial charge in [0.15, 0.2) is 0 Å². The van der Waals surface area contributed by atoms with Gasteiger partial charge in [-0.15, -0.1) is 0 Å². The summed E-state index contributed by atoms with van der Waals surface area (Å²) < 4.78 is 0. The second kappa shape index (κ2) is 6.23. The largest absolute Gasteiger partial charge is 0.0622 e. The van der Waals surface area contributed by atoms with Crippen LogP contribution in [-0.4, -0.2) is 0 Å². The SMILES string of the molecule is Cc1cc(-c2ccccc2)ccc1/C=C/c1ccccc1. The molecule has 0 heteroatoms. The molecule has 0 N–H and O–H groups in total. The maximum atomic E-state index is 2.25. The molecule has 0 aliphatic carbocycles. The summed E-state index contributed by atoms with van der Waals surface area (Å²) in [6.45, 7) is 2.16. The third kappa shape index (κ3) is 3.29. The van der Waals surface area contributed by atoms with E-state index >= 15 is 0 Å². The summed E-state index contributed by atoms with van der Waals surface area (Å²) in [5.41, 5.74) is 6.32. The van der Waals surface area contributed by atoms with Crippen molar-refractivity contribution in [2.45, 2.75) is 6.92 Å². The van der Waals surface area contributed by atoms with Gasteiger partial charge in [0.25, 0.3) is 0 Å². The van der Waals surface area contributed by atoms with Gasteiger partial charge in [-0.25, -0.2) is 0 Å². The fraction of sp³-hybridized carbons (Fsp3) is 0.0476. The topological polar surface area (TPSA) is 0 Å². The van der Waals surface area contributed by atoms with Crippen LogP contribution >= 0.6 is 0 Å². The summed E-state index contributed by atoms with van der Waals surface area (Å²) in [4.78, 5) is 0. The monoisotopic (exact) mass is 270 g/mol. The van der Waals surface area contributed by atoms with Crippen molar-refractivity contribution in [1.82, 2.24) is 0 Å². The zero-order valence-electron chi connectivity index (χ0n) is 12.2.